The maximum Gasteiger partial charge on any atom is 0.225 e. The Morgan fingerprint density at radius 1 is 0.974 bits per heavy atom. The number of hydrogen-bond donors (Lipinski definition) is 2. The van der Waals surface area contributed by atoms with Gasteiger partial charge in [-0.25, -0.2) is 4.98 Å². The molecule has 2 fully saturated rings. The highest BCUT2D eigenvalue weighted by Gasteiger charge is 2.34. The second kappa shape index (κ2) is 11.1. The molecule has 0 bridgehead atoms. The molecule has 1 aromatic heterocycles. The van der Waals surface area contributed by atoms with E-state index in [1.54, 1.807) is 6.92 Å². The SMILES string of the molecule is CC(=O)N(C)C1CCC(CC(=O)Nc2cc(-c3ccccc3)c(-c3ccc(C4(N)CCC4)cc3)cn2)CC1. The van der Waals surface area contributed by atoms with Gasteiger partial charge >= 0.3 is 0 Å². The highest BCUT2D eigenvalue weighted by Crippen LogP contribution is 2.40. The van der Waals surface area contributed by atoms with Gasteiger partial charge in [-0.2, -0.15) is 0 Å². The van der Waals surface area contributed by atoms with E-state index < -0.39 is 0 Å². The second-order valence-corrected chi connectivity index (χ2v) is 11.1. The van der Waals surface area contributed by atoms with Crippen molar-refractivity contribution in [2.24, 2.45) is 11.7 Å². The first-order valence-electron chi connectivity index (χ1n) is 13.8. The van der Waals surface area contributed by atoms with Crippen molar-refractivity contribution in [3.63, 3.8) is 0 Å². The first-order valence-corrected chi connectivity index (χ1v) is 13.8. The zero-order valence-electron chi connectivity index (χ0n) is 22.5. The Morgan fingerprint density at radius 3 is 2.24 bits per heavy atom. The Balaban J connectivity index is 1.30. The van der Waals surface area contributed by atoms with Gasteiger partial charge in [0.05, 0.1) is 0 Å². The number of benzene rings is 2. The predicted molar refractivity (Wildman–Crippen MR) is 152 cm³/mol. The van der Waals surface area contributed by atoms with Crippen molar-refractivity contribution in [1.82, 2.24) is 9.88 Å². The maximum atomic E-state index is 12.9. The van der Waals surface area contributed by atoms with E-state index in [9.17, 15) is 9.59 Å². The fourth-order valence-electron chi connectivity index (χ4n) is 5.89. The van der Waals surface area contributed by atoms with Crippen molar-refractivity contribution in [3.8, 4) is 22.3 Å². The van der Waals surface area contributed by atoms with Crippen molar-refractivity contribution in [1.29, 1.82) is 0 Å². The van der Waals surface area contributed by atoms with Crippen LogP contribution in [-0.4, -0.2) is 34.8 Å². The average Bonchev–Trinajstić information content (AvgIpc) is 2.92. The zero-order valence-corrected chi connectivity index (χ0v) is 22.5. The molecule has 3 aromatic rings. The van der Waals surface area contributed by atoms with Crippen LogP contribution in [0.3, 0.4) is 0 Å². The fraction of sp³-hybridized carbons (Fsp3) is 0.406. The van der Waals surface area contributed by atoms with Crippen molar-refractivity contribution in [2.45, 2.75) is 69.9 Å². The normalized spacial score (nSPS) is 20.3. The summed E-state index contributed by atoms with van der Waals surface area (Å²) in [4.78, 5) is 31.1. The summed E-state index contributed by atoms with van der Waals surface area (Å²) in [5, 5.41) is 3.04. The summed E-state index contributed by atoms with van der Waals surface area (Å²) in [5.74, 6) is 0.993. The Hall–Kier alpha value is -3.51. The van der Waals surface area contributed by atoms with Gasteiger partial charge in [0.25, 0.3) is 0 Å². The van der Waals surface area contributed by atoms with E-state index in [0.29, 0.717) is 18.2 Å². The van der Waals surface area contributed by atoms with E-state index in [0.717, 1.165) is 60.8 Å². The molecule has 0 unspecified atom stereocenters. The monoisotopic (exact) mass is 510 g/mol. The fourth-order valence-corrected chi connectivity index (χ4v) is 5.89. The Morgan fingerprint density at radius 2 is 1.63 bits per heavy atom. The minimum absolute atomic E-state index is 0.00858. The number of carbonyl (C=O) groups is 2. The Labute approximate surface area is 225 Å². The molecule has 0 saturated heterocycles. The van der Waals surface area contributed by atoms with Crippen LogP contribution >= 0.6 is 0 Å². The van der Waals surface area contributed by atoms with Crippen LogP contribution in [0, 0.1) is 5.92 Å². The lowest BCUT2D eigenvalue weighted by Gasteiger charge is -2.38. The van der Waals surface area contributed by atoms with Crippen molar-refractivity contribution in [2.75, 3.05) is 12.4 Å². The Bertz CT molecular complexity index is 1280. The van der Waals surface area contributed by atoms with Gasteiger partial charge in [0.1, 0.15) is 5.82 Å². The standard InChI is InChI=1S/C32H38N4O2/c1-22(37)36(2)27-15-9-23(10-16-27)19-31(38)35-30-20-28(24-7-4-3-5-8-24)29(21-34-30)25-11-13-26(14-12-25)32(33)17-6-18-32/h3-5,7-8,11-14,20-21,23,27H,6,9-10,15-19,33H2,1-2H3,(H,34,35,38). The molecular weight excluding hydrogens is 472 g/mol. The van der Waals surface area contributed by atoms with E-state index in [4.69, 9.17) is 5.73 Å². The number of anilines is 1. The first-order chi connectivity index (χ1) is 18.3. The minimum Gasteiger partial charge on any atom is -0.343 e. The van der Waals surface area contributed by atoms with Gasteiger partial charge in [-0.15, -0.1) is 0 Å². The van der Waals surface area contributed by atoms with Gasteiger partial charge in [-0.05, 0) is 79.2 Å². The summed E-state index contributed by atoms with van der Waals surface area (Å²) >= 11 is 0. The van der Waals surface area contributed by atoms with Gasteiger partial charge in [-0.1, -0.05) is 54.6 Å². The molecule has 0 radical (unpaired) electrons. The summed E-state index contributed by atoms with van der Waals surface area (Å²) in [6.07, 6.45) is 9.40. The highest BCUT2D eigenvalue weighted by molar-refractivity contribution is 5.92. The molecule has 2 amide bonds. The number of aromatic nitrogens is 1. The number of carbonyl (C=O) groups excluding carboxylic acids is 2. The van der Waals surface area contributed by atoms with Crippen LogP contribution in [0.5, 0.6) is 0 Å². The van der Waals surface area contributed by atoms with E-state index >= 15 is 0 Å². The van der Waals surface area contributed by atoms with Crippen LogP contribution in [0.15, 0.2) is 66.9 Å². The Kier molecular flexibility index (Phi) is 7.61. The molecule has 1 heterocycles. The number of amides is 2. The zero-order chi connectivity index (χ0) is 26.7. The molecule has 2 aliphatic rings. The molecule has 6 nitrogen and oxygen atoms in total. The molecule has 38 heavy (non-hydrogen) atoms. The quantitative estimate of drug-likeness (QED) is 0.401. The summed E-state index contributed by atoms with van der Waals surface area (Å²) in [7, 11) is 1.87. The van der Waals surface area contributed by atoms with Crippen molar-refractivity contribution >= 4 is 17.6 Å². The average molecular weight is 511 g/mol. The van der Waals surface area contributed by atoms with Crippen LogP contribution in [0.2, 0.25) is 0 Å². The number of nitrogens with zero attached hydrogens (tertiary/aromatic N) is 2. The van der Waals surface area contributed by atoms with Gasteiger partial charge in [0.2, 0.25) is 11.8 Å². The third-order valence-electron chi connectivity index (χ3n) is 8.61. The molecule has 5 rings (SSSR count). The van der Waals surface area contributed by atoms with Crippen molar-refractivity contribution in [3.05, 3.63) is 72.4 Å². The summed E-state index contributed by atoms with van der Waals surface area (Å²) in [6, 6.07) is 21.0. The second-order valence-electron chi connectivity index (χ2n) is 11.1. The third-order valence-corrected chi connectivity index (χ3v) is 8.61. The van der Waals surface area contributed by atoms with E-state index in [2.05, 4.69) is 46.7 Å². The molecule has 3 N–H and O–H groups in total. The molecular formula is C32H38N4O2. The van der Waals surface area contributed by atoms with Gasteiger partial charge in [-0.3, -0.25) is 9.59 Å². The smallest absolute Gasteiger partial charge is 0.225 e. The molecule has 2 aliphatic carbocycles. The van der Waals surface area contributed by atoms with Gasteiger partial charge < -0.3 is 16.0 Å². The first kappa shape index (κ1) is 26.1. The van der Waals surface area contributed by atoms with Gasteiger partial charge in [0.15, 0.2) is 0 Å². The molecule has 2 aromatic carbocycles. The number of rotatable bonds is 7. The lowest BCUT2D eigenvalue weighted by molar-refractivity contribution is -0.130. The van der Waals surface area contributed by atoms with E-state index in [1.807, 2.05) is 42.4 Å². The highest BCUT2D eigenvalue weighted by atomic mass is 16.2. The summed E-state index contributed by atoms with van der Waals surface area (Å²) < 4.78 is 0. The van der Waals surface area contributed by atoms with Crippen LogP contribution < -0.4 is 11.1 Å². The molecule has 0 spiro atoms. The van der Waals surface area contributed by atoms with E-state index in [1.165, 1.54) is 12.0 Å². The minimum atomic E-state index is -0.185. The topological polar surface area (TPSA) is 88.3 Å². The molecule has 0 atom stereocenters. The molecule has 6 heteroatoms. The van der Waals surface area contributed by atoms with Crippen LogP contribution in [-0.2, 0) is 15.1 Å². The van der Waals surface area contributed by atoms with Crippen LogP contribution in [0.25, 0.3) is 22.3 Å². The molecule has 0 aliphatic heterocycles. The third kappa shape index (κ3) is 5.65. The summed E-state index contributed by atoms with van der Waals surface area (Å²) in [5.41, 5.74) is 11.7. The maximum absolute atomic E-state index is 12.9. The number of pyridine rings is 1. The molecule has 2 saturated carbocycles. The summed E-state index contributed by atoms with van der Waals surface area (Å²) in [6.45, 7) is 1.61. The number of nitrogens with one attached hydrogen (secondary N) is 1. The van der Waals surface area contributed by atoms with Crippen molar-refractivity contribution < 1.29 is 9.59 Å². The number of hydrogen-bond acceptors (Lipinski definition) is 4. The van der Waals surface area contributed by atoms with Gasteiger partial charge in [0, 0.05) is 43.7 Å². The lowest BCUT2D eigenvalue weighted by Crippen LogP contribution is -2.43. The van der Waals surface area contributed by atoms with Crippen LogP contribution in [0.1, 0.15) is 63.9 Å². The lowest BCUT2D eigenvalue weighted by atomic mass is 9.72. The molecule has 198 valence electrons. The predicted octanol–water partition coefficient (Wildman–Crippen LogP) is 6.12. The number of nitrogens with two attached hydrogens (primary N) is 1. The van der Waals surface area contributed by atoms with E-state index in [-0.39, 0.29) is 23.4 Å². The van der Waals surface area contributed by atoms with Crippen LogP contribution in [0.4, 0.5) is 5.82 Å². The largest absolute Gasteiger partial charge is 0.343 e.